The first-order valence-corrected chi connectivity index (χ1v) is 9.10. The van der Waals surface area contributed by atoms with Crippen LogP contribution in [-0.2, 0) is 7.05 Å². The fourth-order valence-electron chi connectivity index (χ4n) is 3.64. The predicted molar refractivity (Wildman–Crippen MR) is 113 cm³/mol. The molecule has 0 radical (unpaired) electrons. The van der Waals surface area contributed by atoms with E-state index >= 15 is 0 Å². The predicted octanol–water partition coefficient (Wildman–Crippen LogP) is 6.00. The minimum atomic E-state index is -2.73. The number of rotatable bonds is 2. The molecule has 0 N–H and O–H groups in total. The van der Waals surface area contributed by atoms with Crippen LogP contribution in [0.5, 0.6) is 0 Å². The van der Waals surface area contributed by atoms with Crippen molar-refractivity contribution in [2.24, 2.45) is 7.05 Å². The molecule has 0 spiro atoms. The first kappa shape index (κ1) is 12.4. The summed E-state index contributed by atoms with van der Waals surface area (Å²) in [5.74, 6) is -2.16. The molecular formula is C25H25N2O+. The normalized spacial score (nSPS) is 17.1. The number of aromatic nitrogens is 1. The van der Waals surface area contributed by atoms with Crippen LogP contribution in [0.15, 0.2) is 40.8 Å². The average Bonchev–Trinajstić information content (AvgIpc) is 3.14. The second kappa shape index (κ2) is 6.49. The van der Waals surface area contributed by atoms with E-state index in [-0.39, 0.29) is 17.6 Å². The van der Waals surface area contributed by atoms with Crippen molar-refractivity contribution in [3.05, 3.63) is 64.3 Å². The zero-order chi connectivity index (χ0) is 25.3. The lowest BCUT2D eigenvalue weighted by molar-refractivity contribution is -0.666. The molecule has 3 heteroatoms. The van der Waals surface area contributed by atoms with E-state index in [4.69, 9.17) is 12.6 Å². The summed E-state index contributed by atoms with van der Waals surface area (Å²) in [5.41, 5.74) is 4.42. The molecule has 140 valence electrons. The summed E-state index contributed by atoms with van der Waals surface area (Å²) in [6, 6.07) is 9.22. The molecule has 0 saturated heterocycles. The third-order valence-corrected chi connectivity index (χ3v) is 5.31. The largest absolute Gasteiger partial charge is 0.455 e. The van der Waals surface area contributed by atoms with Crippen LogP contribution >= 0.6 is 0 Å². The highest BCUT2D eigenvalue weighted by molar-refractivity contribution is 6.12. The van der Waals surface area contributed by atoms with Crippen molar-refractivity contribution >= 4 is 21.9 Å². The van der Waals surface area contributed by atoms with Gasteiger partial charge in [0.1, 0.15) is 18.2 Å². The van der Waals surface area contributed by atoms with Crippen LogP contribution in [0.1, 0.15) is 55.8 Å². The lowest BCUT2D eigenvalue weighted by Crippen LogP contribution is -2.35. The van der Waals surface area contributed by atoms with Crippen molar-refractivity contribution in [1.82, 2.24) is 0 Å². The Morgan fingerprint density at radius 2 is 1.89 bits per heavy atom. The van der Waals surface area contributed by atoms with Gasteiger partial charge in [0.15, 0.2) is 5.69 Å². The second-order valence-corrected chi connectivity index (χ2v) is 7.23. The molecule has 0 aliphatic heterocycles. The molecule has 1 atom stereocenters. The summed E-state index contributed by atoms with van der Waals surface area (Å²) in [4.78, 5) is 0. The highest BCUT2D eigenvalue weighted by Crippen LogP contribution is 2.39. The van der Waals surface area contributed by atoms with E-state index in [1.54, 1.807) is 24.6 Å². The summed E-state index contributed by atoms with van der Waals surface area (Å²) in [7, 11) is 1.72. The van der Waals surface area contributed by atoms with Gasteiger partial charge in [-0.25, -0.2) is 0 Å². The zero-order valence-corrected chi connectivity index (χ0v) is 16.6. The van der Waals surface area contributed by atoms with E-state index in [1.807, 2.05) is 32.0 Å². The zero-order valence-electron chi connectivity index (χ0n) is 22.6. The molecule has 2 heterocycles. The Bertz CT molecular complexity index is 1540. The number of furan rings is 1. The van der Waals surface area contributed by atoms with Gasteiger partial charge in [-0.1, -0.05) is 32.0 Å². The molecule has 2 aromatic heterocycles. The van der Waals surface area contributed by atoms with E-state index < -0.39 is 12.7 Å². The van der Waals surface area contributed by atoms with Crippen molar-refractivity contribution in [1.29, 1.82) is 5.26 Å². The molecule has 0 aliphatic rings. The maximum atomic E-state index is 9.68. The fourth-order valence-corrected chi connectivity index (χ4v) is 3.64. The van der Waals surface area contributed by atoms with Gasteiger partial charge in [0.2, 0.25) is 5.69 Å². The van der Waals surface area contributed by atoms with Crippen LogP contribution in [0.2, 0.25) is 0 Å². The maximum absolute atomic E-state index is 9.68. The van der Waals surface area contributed by atoms with E-state index in [0.717, 1.165) is 11.1 Å². The molecule has 0 saturated carbocycles. The van der Waals surface area contributed by atoms with Gasteiger partial charge in [0.25, 0.3) is 0 Å². The average molecular weight is 376 g/mol. The smallest absolute Gasteiger partial charge is 0.216 e. The second-order valence-electron chi connectivity index (χ2n) is 7.23. The van der Waals surface area contributed by atoms with Gasteiger partial charge >= 0.3 is 0 Å². The molecular weight excluding hydrogens is 344 g/mol. The topological polar surface area (TPSA) is 40.8 Å². The van der Waals surface area contributed by atoms with Gasteiger partial charge in [-0.05, 0) is 42.5 Å². The number of fused-ring (bicyclic) bond motifs is 3. The third-order valence-electron chi connectivity index (χ3n) is 5.31. The quantitative estimate of drug-likeness (QED) is 0.403. The van der Waals surface area contributed by atoms with Crippen LogP contribution in [0.4, 0.5) is 0 Å². The first-order chi connectivity index (χ1) is 15.7. The lowest BCUT2D eigenvalue weighted by atomic mass is 9.95. The first-order valence-electron chi connectivity index (χ1n) is 12.1. The van der Waals surface area contributed by atoms with Crippen molar-refractivity contribution in [3.8, 4) is 17.3 Å². The molecule has 3 nitrogen and oxygen atoms in total. The Labute approximate surface area is 174 Å². The van der Waals surface area contributed by atoms with Gasteiger partial charge in [-0.2, -0.15) is 9.83 Å². The molecule has 28 heavy (non-hydrogen) atoms. The highest BCUT2D eigenvalue weighted by Gasteiger charge is 2.24. The van der Waals surface area contributed by atoms with Crippen LogP contribution in [0, 0.1) is 32.1 Å². The third kappa shape index (κ3) is 2.60. The van der Waals surface area contributed by atoms with Gasteiger partial charge in [0.05, 0.1) is 19.9 Å². The number of hydrogen-bond acceptors (Lipinski definition) is 2. The molecule has 4 aromatic rings. The van der Waals surface area contributed by atoms with E-state index in [1.165, 1.54) is 6.92 Å². The standard InChI is InChI=1S/C25H25N2O/c1-14(2)19-11-17(5)27(6)21(12-19)22-15(3)8-10-20-23-18(13-26)9-7-16(4)24(23)28-25(20)22/h7-12,14H,1-6H3/q+1/i1D3,11D,12D,14D. The molecule has 0 aliphatic carbocycles. The van der Waals surface area contributed by atoms with Crippen LogP contribution in [0.3, 0.4) is 0 Å². The molecule has 1 unspecified atom stereocenters. The maximum Gasteiger partial charge on any atom is 0.216 e. The summed E-state index contributed by atoms with van der Waals surface area (Å²) >= 11 is 0. The fraction of sp³-hybridized carbons (Fsp3) is 0.280. The Morgan fingerprint density at radius 3 is 2.61 bits per heavy atom. The SMILES string of the molecule is [2H]c1c(C([2H])(C)C([2H])([2H])[2H])c([2H])c(-c2c(C)ccc3c2oc2c(C)ccc(C#N)c23)[n+](C)c1C. The van der Waals surface area contributed by atoms with Crippen molar-refractivity contribution in [2.45, 2.75) is 40.4 Å². The number of aryl methyl sites for hydroxylation is 2. The van der Waals surface area contributed by atoms with Crippen molar-refractivity contribution in [2.75, 3.05) is 0 Å². The highest BCUT2D eigenvalue weighted by atomic mass is 16.3. The summed E-state index contributed by atoms with van der Waals surface area (Å²) in [6.07, 6.45) is 0. The Balaban J connectivity index is 2.23. The lowest BCUT2D eigenvalue weighted by Gasteiger charge is -2.11. The molecule has 0 amide bonds. The minimum Gasteiger partial charge on any atom is -0.455 e. The monoisotopic (exact) mass is 375 g/mol. The van der Waals surface area contributed by atoms with E-state index in [9.17, 15) is 5.26 Å². The number of benzene rings is 2. The van der Waals surface area contributed by atoms with Crippen molar-refractivity contribution in [3.63, 3.8) is 0 Å². The Kier molecular flexibility index (Phi) is 2.87. The molecule has 2 aromatic carbocycles. The van der Waals surface area contributed by atoms with Crippen LogP contribution in [-0.4, -0.2) is 0 Å². The summed E-state index contributed by atoms with van der Waals surface area (Å²) in [5, 5.41) is 11.1. The molecule has 4 rings (SSSR count). The van der Waals surface area contributed by atoms with E-state index in [0.29, 0.717) is 44.5 Å². The van der Waals surface area contributed by atoms with Gasteiger partial charge in [0, 0.05) is 35.3 Å². The number of hydrogen-bond donors (Lipinski definition) is 0. The summed E-state index contributed by atoms with van der Waals surface area (Å²) < 4.78 is 57.9. The summed E-state index contributed by atoms with van der Waals surface area (Å²) in [6.45, 7) is 3.93. The van der Waals surface area contributed by atoms with Crippen LogP contribution in [0.25, 0.3) is 33.2 Å². The Morgan fingerprint density at radius 1 is 1.14 bits per heavy atom. The Hall–Kier alpha value is -3.12. The van der Waals surface area contributed by atoms with Crippen molar-refractivity contribution < 1.29 is 17.2 Å². The minimum absolute atomic E-state index is 0.137. The number of nitriles is 1. The van der Waals surface area contributed by atoms with Gasteiger partial charge in [-0.3, -0.25) is 0 Å². The van der Waals surface area contributed by atoms with Crippen LogP contribution < -0.4 is 4.57 Å². The van der Waals surface area contributed by atoms with E-state index in [2.05, 4.69) is 6.07 Å². The molecule has 0 bridgehead atoms. The van der Waals surface area contributed by atoms with Gasteiger partial charge in [-0.15, -0.1) is 0 Å². The molecule has 0 fully saturated rings. The number of nitrogens with zero attached hydrogens (tertiary/aromatic N) is 2. The number of pyridine rings is 1. The van der Waals surface area contributed by atoms with Gasteiger partial charge < -0.3 is 4.42 Å².